The number of fused-ring (bicyclic) bond motifs is 1. The molecule has 0 fully saturated rings. The van der Waals surface area contributed by atoms with Gasteiger partial charge in [-0.15, -0.1) is 0 Å². The lowest BCUT2D eigenvalue weighted by molar-refractivity contribution is -0.120. The first-order chi connectivity index (χ1) is 10.5. The average Bonchev–Trinajstić information content (AvgIpc) is 2.74. The molecule has 0 aliphatic heterocycles. The number of carbonyl (C=O) groups is 1. The molecule has 0 aliphatic rings. The minimum atomic E-state index is -0.174. The van der Waals surface area contributed by atoms with Gasteiger partial charge in [-0.3, -0.25) is 19.4 Å². The first-order valence-corrected chi connectivity index (χ1v) is 7.47. The van der Waals surface area contributed by atoms with Gasteiger partial charge in [-0.1, -0.05) is 0 Å². The van der Waals surface area contributed by atoms with Crippen LogP contribution >= 0.6 is 0 Å². The molecule has 7 heteroatoms. The Morgan fingerprint density at radius 1 is 1.36 bits per heavy atom. The summed E-state index contributed by atoms with van der Waals surface area (Å²) in [4.78, 5) is 28.5. The van der Waals surface area contributed by atoms with Gasteiger partial charge in [0.1, 0.15) is 0 Å². The summed E-state index contributed by atoms with van der Waals surface area (Å²) in [7, 11) is 1.75. The van der Waals surface area contributed by atoms with Crippen LogP contribution in [0.1, 0.15) is 29.7 Å². The van der Waals surface area contributed by atoms with Crippen molar-refractivity contribution in [1.82, 2.24) is 20.1 Å². The molecule has 2 aromatic heterocycles. The van der Waals surface area contributed by atoms with E-state index in [1.165, 1.54) is 0 Å². The molecule has 0 saturated heterocycles. The monoisotopic (exact) mass is 305 g/mol. The molecule has 0 radical (unpaired) electrons. The second-order valence-corrected chi connectivity index (χ2v) is 5.52. The zero-order valence-electron chi connectivity index (χ0n) is 13.3. The number of pyridine rings is 1. The van der Waals surface area contributed by atoms with E-state index in [1.807, 2.05) is 13.8 Å². The Balaban J connectivity index is 2.23. The normalized spacial score (nSPS) is 11.1. The number of hydrogen-bond donors (Lipinski definition) is 3. The largest absolute Gasteiger partial charge is 0.356 e. The number of unbranched alkanes of at least 4 members (excludes halogenated alkanes) is 1. The number of nitrogens with two attached hydrogens (primary N) is 1. The summed E-state index contributed by atoms with van der Waals surface area (Å²) >= 11 is 0. The predicted octanol–water partition coefficient (Wildman–Crippen LogP) is 0.276. The van der Waals surface area contributed by atoms with Crippen molar-refractivity contribution in [2.75, 3.05) is 13.1 Å². The van der Waals surface area contributed by atoms with E-state index >= 15 is 0 Å². The number of H-pyrrole nitrogens is 1. The fourth-order valence-corrected chi connectivity index (χ4v) is 2.63. The Morgan fingerprint density at radius 2 is 2.09 bits per heavy atom. The van der Waals surface area contributed by atoms with E-state index in [-0.39, 0.29) is 17.9 Å². The van der Waals surface area contributed by atoms with Crippen LogP contribution in [0, 0.1) is 13.8 Å². The van der Waals surface area contributed by atoms with Crippen LogP contribution in [0.5, 0.6) is 0 Å². The molecule has 4 N–H and O–H groups in total. The molecule has 0 spiro atoms. The van der Waals surface area contributed by atoms with Crippen molar-refractivity contribution in [3.63, 3.8) is 0 Å². The van der Waals surface area contributed by atoms with Crippen molar-refractivity contribution in [2.24, 2.45) is 12.8 Å². The van der Waals surface area contributed by atoms with Gasteiger partial charge in [-0.05, 0) is 44.4 Å². The van der Waals surface area contributed by atoms with Crippen LogP contribution < -0.4 is 16.6 Å². The molecule has 2 rings (SSSR count). The summed E-state index contributed by atoms with van der Waals surface area (Å²) in [6.07, 6.45) is 2.00. The first kappa shape index (κ1) is 16.2. The molecule has 0 aromatic carbocycles. The number of nitrogens with zero attached hydrogens (tertiary/aromatic N) is 2. The number of amides is 1. The second-order valence-electron chi connectivity index (χ2n) is 5.52. The van der Waals surface area contributed by atoms with E-state index in [9.17, 15) is 9.59 Å². The Kier molecular flexibility index (Phi) is 4.97. The van der Waals surface area contributed by atoms with Crippen LogP contribution in [0.15, 0.2) is 4.79 Å². The highest BCUT2D eigenvalue weighted by Crippen LogP contribution is 2.20. The molecule has 0 bridgehead atoms. The molecule has 7 nitrogen and oxygen atoms in total. The van der Waals surface area contributed by atoms with Crippen molar-refractivity contribution in [1.29, 1.82) is 0 Å². The minimum Gasteiger partial charge on any atom is -0.356 e. The molecule has 1 amide bonds. The minimum absolute atomic E-state index is 0.0586. The number of hydrogen-bond acceptors (Lipinski definition) is 4. The van der Waals surface area contributed by atoms with Crippen LogP contribution in [-0.4, -0.2) is 33.8 Å². The van der Waals surface area contributed by atoms with Gasteiger partial charge in [0.25, 0.3) is 5.56 Å². The zero-order valence-corrected chi connectivity index (χ0v) is 13.3. The standard InChI is InChI=1S/C15H23N5O2/c1-9-11(8-12(21)17-7-5-4-6-16)10(2)18-14-13(9)15(22)19-20(14)3/h4-8,16H2,1-3H3,(H,17,21)(H,19,22). The average molecular weight is 305 g/mol. The molecule has 22 heavy (non-hydrogen) atoms. The number of aryl methyl sites for hydroxylation is 3. The highest BCUT2D eigenvalue weighted by atomic mass is 16.1. The summed E-state index contributed by atoms with van der Waals surface area (Å²) in [5, 5.41) is 6.13. The summed E-state index contributed by atoms with van der Waals surface area (Å²) < 4.78 is 1.61. The van der Waals surface area contributed by atoms with Crippen LogP contribution in [-0.2, 0) is 18.3 Å². The molecule has 0 saturated carbocycles. The summed E-state index contributed by atoms with van der Waals surface area (Å²) in [5.41, 5.74) is 8.28. The number of nitrogens with one attached hydrogen (secondary N) is 2. The zero-order chi connectivity index (χ0) is 16.3. The maximum Gasteiger partial charge on any atom is 0.273 e. The van der Waals surface area contributed by atoms with Crippen LogP contribution in [0.3, 0.4) is 0 Å². The van der Waals surface area contributed by atoms with Gasteiger partial charge in [0.2, 0.25) is 5.91 Å². The number of aromatic amines is 1. The lowest BCUT2D eigenvalue weighted by Gasteiger charge is -2.11. The van der Waals surface area contributed by atoms with Gasteiger partial charge in [0.05, 0.1) is 11.8 Å². The third-order valence-electron chi connectivity index (χ3n) is 3.87. The highest BCUT2D eigenvalue weighted by Gasteiger charge is 2.17. The number of carbonyl (C=O) groups excluding carboxylic acids is 1. The summed E-state index contributed by atoms with van der Waals surface area (Å²) in [6, 6.07) is 0. The third-order valence-corrected chi connectivity index (χ3v) is 3.87. The molecule has 120 valence electrons. The lowest BCUT2D eigenvalue weighted by atomic mass is 10.0. The maximum atomic E-state index is 12.0. The van der Waals surface area contributed by atoms with Gasteiger partial charge in [-0.25, -0.2) is 4.98 Å². The van der Waals surface area contributed by atoms with Gasteiger partial charge >= 0.3 is 0 Å². The molecule has 0 atom stereocenters. The Hall–Kier alpha value is -2.15. The van der Waals surface area contributed by atoms with Crippen molar-refractivity contribution in [3.8, 4) is 0 Å². The van der Waals surface area contributed by atoms with Gasteiger partial charge in [0, 0.05) is 19.3 Å². The Labute approximate surface area is 128 Å². The van der Waals surface area contributed by atoms with E-state index in [0.717, 1.165) is 29.7 Å². The van der Waals surface area contributed by atoms with E-state index < -0.39 is 0 Å². The van der Waals surface area contributed by atoms with Crippen LogP contribution in [0.2, 0.25) is 0 Å². The SMILES string of the molecule is Cc1nc2c(c(C)c1CC(=O)NCCCCN)c(=O)[nH]n2C. The van der Waals surface area contributed by atoms with Crippen molar-refractivity contribution >= 4 is 16.9 Å². The number of aromatic nitrogens is 3. The van der Waals surface area contributed by atoms with E-state index in [4.69, 9.17) is 5.73 Å². The van der Waals surface area contributed by atoms with Gasteiger partial charge < -0.3 is 11.1 Å². The van der Waals surface area contributed by atoms with Crippen molar-refractivity contribution < 1.29 is 4.79 Å². The van der Waals surface area contributed by atoms with E-state index in [1.54, 1.807) is 11.7 Å². The van der Waals surface area contributed by atoms with Crippen molar-refractivity contribution in [3.05, 3.63) is 27.2 Å². The molecule has 2 heterocycles. The van der Waals surface area contributed by atoms with Gasteiger partial charge in [0.15, 0.2) is 5.65 Å². The molecular formula is C15H23N5O2. The topological polar surface area (TPSA) is 106 Å². The maximum absolute atomic E-state index is 12.0. The van der Waals surface area contributed by atoms with Gasteiger partial charge in [-0.2, -0.15) is 0 Å². The highest BCUT2D eigenvalue weighted by molar-refractivity contribution is 5.84. The summed E-state index contributed by atoms with van der Waals surface area (Å²) in [5.74, 6) is -0.0586. The van der Waals surface area contributed by atoms with Crippen LogP contribution in [0.25, 0.3) is 11.0 Å². The van der Waals surface area contributed by atoms with Crippen LogP contribution in [0.4, 0.5) is 0 Å². The van der Waals surface area contributed by atoms with Crippen molar-refractivity contribution in [2.45, 2.75) is 33.1 Å². The predicted molar refractivity (Wildman–Crippen MR) is 85.8 cm³/mol. The third kappa shape index (κ3) is 3.19. The molecular weight excluding hydrogens is 282 g/mol. The van der Waals surface area contributed by atoms with E-state index in [0.29, 0.717) is 24.1 Å². The second kappa shape index (κ2) is 6.74. The Morgan fingerprint density at radius 3 is 2.77 bits per heavy atom. The molecule has 0 unspecified atom stereocenters. The van der Waals surface area contributed by atoms with E-state index in [2.05, 4.69) is 15.4 Å². The first-order valence-electron chi connectivity index (χ1n) is 7.47. The summed E-state index contributed by atoms with van der Waals surface area (Å²) in [6.45, 7) is 4.98. The quantitative estimate of drug-likeness (QED) is 0.666. The fourth-order valence-electron chi connectivity index (χ4n) is 2.63. The smallest absolute Gasteiger partial charge is 0.273 e. The molecule has 2 aromatic rings. The molecule has 0 aliphatic carbocycles. The Bertz CT molecular complexity index is 744. The fraction of sp³-hybridized carbons (Fsp3) is 0.533. The number of rotatable bonds is 6. The lowest BCUT2D eigenvalue weighted by Crippen LogP contribution is -2.27.